The van der Waals surface area contributed by atoms with Gasteiger partial charge in [-0.3, -0.25) is 4.99 Å². The highest BCUT2D eigenvalue weighted by Gasteiger charge is 1.98. The van der Waals surface area contributed by atoms with Crippen molar-refractivity contribution in [3.8, 4) is 5.75 Å². The fourth-order valence-corrected chi connectivity index (χ4v) is 1.33. The molecule has 0 saturated carbocycles. The van der Waals surface area contributed by atoms with E-state index < -0.39 is 0 Å². The number of benzene rings is 1. The Bertz CT molecular complexity index is 359. The molecule has 0 bridgehead atoms. The third-order valence-corrected chi connectivity index (χ3v) is 2.20. The van der Waals surface area contributed by atoms with Crippen molar-refractivity contribution in [3.05, 3.63) is 29.8 Å². The second kappa shape index (κ2) is 9.02. The van der Waals surface area contributed by atoms with Crippen molar-refractivity contribution >= 4 is 29.9 Å². The zero-order valence-electron chi connectivity index (χ0n) is 10.9. The Morgan fingerprint density at radius 3 is 2.33 bits per heavy atom. The summed E-state index contributed by atoms with van der Waals surface area (Å²) in [5.41, 5.74) is 11.7. The van der Waals surface area contributed by atoms with E-state index >= 15 is 0 Å². The molecule has 18 heavy (non-hydrogen) atoms. The van der Waals surface area contributed by atoms with Crippen molar-refractivity contribution in [2.24, 2.45) is 22.4 Å². The molecule has 0 aliphatic heterocycles. The number of guanidine groups is 1. The van der Waals surface area contributed by atoms with Crippen LogP contribution in [0.5, 0.6) is 5.75 Å². The van der Waals surface area contributed by atoms with Crippen LogP contribution in [0.3, 0.4) is 0 Å². The highest BCUT2D eigenvalue weighted by Crippen LogP contribution is 2.13. The van der Waals surface area contributed by atoms with Crippen LogP contribution >= 0.6 is 24.0 Å². The van der Waals surface area contributed by atoms with Crippen molar-refractivity contribution < 1.29 is 4.74 Å². The lowest BCUT2D eigenvalue weighted by Crippen LogP contribution is -2.23. The second-order valence-corrected chi connectivity index (χ2v) is 4.41. The van der Waals surface area contributed by atoms with Crippen molar-refractivity contribution in [2.45, 2.75) is 20.3 Å². The van der Waals surface area contributed by atoms with E-state index in [4.69, 9.17) is 16.2 Å². The number of nitrogens with zero attached hydrogens (tertiary/aromatic N) is 1. The first-order valence-corrected chi connectivity index (χ1v) is 5.85. The smallest absolute Gasteiger partial charge is 0.185 e. The average molecular weight is 363 g/mol. The Morgan fingerprint density at radius 1 is 1.22 bits per heavy atom. The molecule has 1 aromatic rings. The summed E-state index contributed by atoms with van der Waals surface area (Å²) < 4.78 is 5.60. The minimum atomic E-state index is 0. The Hall–Kier alpha value is -0.980. The average Bonchev–Trinajstić information content (AvgIpc) is 2.27. The van der Waals surface area contributed by atoms with Crippen LogP contribution in [0.1, 0.15) is 19.4 Å². The fourth-order valence-electron chi connectivity index (χ4n) is 1.33. The molecule has 0 aliphatic carbocycles. The summed E-state index contributed by atoms with van der Waals surface area (Å²) in [7, 11) is 0. The Labute approximate surface area is 126 Å². The van der Waals surface area contributed by atoms with E-state index in [9.17, 15) is 0 Å². The summed E-state index contributed by atoms with van der Waals surface area (Å²) in [4.78, 5) is 3.94. The first kappa shape index (κ1) is 17.0. The van der Waals surface area contributed by atoms with Gasteiger partial charge >= 0.3 is 0 Å². The van der Waals surface area contributed by atoms with E-state index in [0.717, 1.165) is 18.8 Å². The predicted octanol–water partition coefficient (Wildman–Crippen LogP) is 2.16. The molecule has 0 aliphatic rings. The standard InChI is InChI=1S/C13H21N3O.HI/c1-10(2)9-17-12-5-3-11(4-6-12)7-8-16-13(14)15;/h3-6,10H,7-9H2,1-2H3,(H4,14,15,16);1H. The molecule has 5 heteroatoms. The molecule has 4 nitrogen and oxygen atoms in total. The third kappa shape index (κ3) is 7.37. The van der Waals surface area contributed by atoms with Gasteiger partial charge in [0.1, 0.15) is 5.75 Å². The number of nitrogens with two attached hydrogens (primary N) is 2. The Morgan fingerprint density at radius 2 is 1.83 bits per heavy atom. The lowest BCUT2D eigenvalue weighted by atomic mass is 10.1. The van der Waals surface area contributed by atoms with Gasteiger partial charge in [0.25, 0.3) is 0 Å². The van der Waals surface area contributed by atoms with E-state index in [1.54, 1.807) is 0 Å². The summed E-state index contributed by atoms with van der Waals surface area (Å²) in [6, 6.07) is 8.04. The molecule has 102 valence electrons. The lowest BCUT2D eigenvalue weighted by molar-refractivity contribution is 0.271. The van der Waals surface area contributed by atoms with Crippen LogP contribution in [0.15, 0.2) is 29.3 Å². The van der Waals surface area contributed by atoms with E-state index in [2.05, 4.69) is 18.8 Å². The van der Waals surface area contributed by atoms with Gasteiger partial charge in [-0.05, 0) is 30.0 Å². The Balaban J connectivity index is 0.00000289. The SMILES string of the molecule is CC(C)COc1ccc(CCN=C(N)N)cc1.I. The van der Waals surface area contributed by atoms with Gasteiger partial charge in [-0.1, -0.05) is 26.0 Å². The lowest BCUT2D eigenvalue weighted by Gasteiger charge is -2.08. The van der Waals surface area contributed by atoms with Crippen molar-refractivity contribution in [2.75, 3.05) is 13.2 Å². The van der Waals surface area contributed by atoms with Crippen LogP contribution in [0.4, 0.5) is 0 Å². The van der Waals surface area contributed by atoms with E-state index in [1.807, 2.05) is 24.3 Å². The van der Waals surface area contributed by atoms with Gasteiger partial charge in [-0.25, -0.2) is 0 Å². The van der Waals surface area contributed by atoms with Crippen molar-refractivity contribution in [1.29, 1.82) is 0 Å². The van der Waals surface area contributed by atoms with Gasteiger partial charge in [-0.15, -0.1) is 24.0 Å². The van der Waals surface area contributed by atoms with Gasteiger partial charge in [0.05, 0.1) is 6.61 Å². The van der Waals surface area contributed by atoms with Crippen LogP contribution < -0.4 is 16.2 Å². The molecule has 0 radical (unpaired) electrons. The molecule has 0 spiro atoms. The van der Waals surface area contributed by atoms with Gasteiger partial charge in [0.2, 0.25) is 0 Å². The maximum Gasteiger partial charge on any atom is 0.185 e. The van der Waals surface area contributed by atoms with E-state index in [-0.39, 0.29) is 29.9 Å². The normalized spacial score (nSPS) is 9.72. The highest BCUT2D eigenvalue weighted by molar-refractivity contribution is 14.0. The fraction of sp³-hybridized carbons (Fsp3) is 0.462. The van der Waals surface area contributed by atoms with E-state index in [1.165, 1.54) is 5.56 Å². The van der Waals surface area contributed by atoms with Crippen LogP contribution in [0.25, 0.3) is 0 Å². The minimum Gasteiger partial charge on any atom is -0.493 e. The molecule has 1 rings (SSSR count). The van der Waals surface area contributed by atoms with Crippen molar-refractivity contribution in [3.63, 3.8) is 0 Å². The topological polar surface area (TPSA) is 73.6 Å². The molecule has 0 saturated heterocycles. The zero-order chi connectivity index (χ0) is 12.7. The number of rotatable bonds is 6. The summed E-state index contributed by atoms with van der Waals surface area (Å²) in [5, 5.41) is 0. The summed E-state index contributed by atoms with van der Waals surface area (Å²) in [5.74, 6) is 1.59. The maximum atomic E-state index is 5.60. The molecule has 1 aromatic carbocycles. The van der Waals surface area contributed by atoms with Crippen LogP contribution in [0, 0.1) is 5.92 Å². The number of hydrogen-bond donors (Lipinski definition) is 2. The second-order valence-electron chi connectivity index (χ2n) is 4.41. The van der Waals surface area contributed by atoms with Gasteiger partial charge in [0, 0.05) is 6.54 Å². The molecular formula is C13H22IN3O. The summed E-state index contributed by atoms with van der Waals surface area (Å²) in [6.07, 6.45) is 0.836. The Kier molecular flexibility index (Phi) is 8.53. The molecule has 0 heterocycles. The van der Waals surface area contributed by atoms with Gasteiger partial charge < -0.3 is 16.2 Å². The van der Waals surface area contributed by atoms with Crippen LogP contribution in [-0.2, 0) is 6.42 Å². The molecule has 0 aromatic heterocycles. The summed E-state index contributed by atoms with van der Waals surface area (Å²) in [6.45, 7) is 5.62. The van der Waals surface area contributed by atoms with E-state index in [0.29, 0.717) is 12.5 Å². The molecule has 4 N–H and O–H groups in total. The molecule has 0 atom stereocenters. The first-order chi connectivity index (χ1) is 8.08. The predicted molar refractivity (Wildman–Crippen MR) is 86.6 cm³/mol. The maximum absolute atomic E-state index is 5.60. The number of aliphatic imine (C=N–C) groups is 1. The number of halogens is 1. The molecular weight excluding hydrogens is 341 g/mol. The summed E-state index contributed by atoms with van der Waals surface area (Å²) >= 11 is 0. The van der Waals surface area contributed by atoms with Crippen LogP contribution in [-0.4, -0.2) is 19.1 Å². The molecule has 0 fully saturated rings. The molecule has 0 amide bonds. The largest absolute Gasteiger partial charge is 0.493 e. The monoisotopic (exact) mass is 363 g/mol. The number of hydrogen-bond acceptors (Lipinski definition) is 2. The number of ether oxygens (including phenoxy) is 1. The zero-order valence-corrected chi connectivity index (χ0v) is 13.3. The quantitative estimate of drug-likeness (QED) is 0.462. The highest BCUT2D eigenvalue weighted by atomic mass is 127. The first-order valence-electron chi connectivity index (χ1n) is 5.85. The minimum absolute atomic E-state index is 0. The molecule has 0 unspecified atom stereocenters. The van der Waals surface area contributed by atoms with Gasteiger partial charge in [0.15, 0.2) is 5.96 Å². The third-order valence-electron chi connectivity index (χ3n) is 2.20. The van der Waals surface area contributed by atoms with Crippen LogP contribution in [0.2, 0.25) is 0 Å². The van der Waals surface area contributed by atoms with Crippen molar-refractivity contribution in [1.82, 2.24) is 0 Å². The van der Waals surface area contributed by atoms with Gasteiger partial charge in [-0.2, -0.15) is 0 Å².